The third-order valence-corrected chi connectivity index (χ3v) is 3.63. The second kappa shape index (κ2) is 5.27. The summed E-state index contributed by atoms with van der Waals surface area (Å²) >= 11 is 1.45. The molecule has 0 unspecified atom stereocenters. The third kappa shape index (κ3) is 2.73. The fraction of sp³-hybridized carbons (Fsp3) is 0.308. The van der Waals surface area contributed by atoms with E-state index >= 15 is 0 Å². The number of carboxylic acids is 1. The molecule has 18 heavy (non-hydrogen) atoms. The number of pyridine rings is 1. The molecule has 0 saturated heterocycles. The Balaban J connectivity index is 2.42. The van der Waals surface area contributed by atoms with Crippen molar-refractivity contribution in [3.05, 3.63) is 35.1 Å². The van der Waals surface area contributed by atoms with Gasteiger partial charge in [0.15, 0.2) is 0 Å². The van der Waals surface area contributed by atoms with Gasteiger partial charge in [-0.1, -0.05) is 13.8 Å². The van der Waals surface area contributed by atoms with E-state index in [2.05, 4.69) is 9.97 Å². The molecule has 0 aliphatic heterocycles. The van der Waals surface area contributed by atoms with Gasteiger partial charge in [-0.25, -0.2) is 4.98 Å². The van der Waals surface area contributed by atoms with Crippen molar-refractivity contribution in [2.75, 3.05) is 0 Å². The van der Waals surface area contributed by atoms with Crippen LogP contribution in [-0.4, -0.2) is 21.0 Å². The number of aliphatic carboxylic acids is 1. The quantitative estimate of drug-likeness (QED) is 0.920. The zero-order valence-corrected chi connectivity index (χ0v) is 11.1. The summed E-state index contributed by atoms with van der Waals surface area (Å²) in [5.74, 6) is -0.590. The molecule has 0 saturated carbocycles. The molecule has 0 aliphatic carbocycles. The lowest BCUT2D eigenvalue weighted by Crippen LogP contribution is -2.02. The van der Waals surface area contributed by atoms with Crippen molar-refractivity contribution in [3.8, 4) is 10.6 Å². The fourth-order valence-corrected chi connectivity index (χ4v) is 2.91. The van der Waals surface area contributed by atoms with Crippen molar-refractivity contribution < 1.29 is 9.90 Å². The highest BCUT2D eigenvalue weighted by Gasteiger charge is 2.17. The van der Waals surface area contributed by atoms with Crippen LogP contribution in [0.2, 0.25) is 0 Å². The van der Waals surface area contributed by atoms with Gasteiger partial charge in [0.1, 0.15) is 5.01 Å². The lowest BCUT2D eigenvalue weighted by Gasteiger charge is -2.02. The molecule has 0 amide bonds. The normalized spacial score (nSPS) is 10.8. The predicted molar refractivity (Wildman–Crippen MR) is 70.8 cm³/mol. The van der Waals surface area contributed by atoms with Gasteiger partial charge in [0.05, 0.1) is 12.1 Å². The number of hydrogen-bond acceptors (Lipinski definition) is 4. The highest BCUT2D eigenvalue weighted by atomic mass is 32.1. The van der Waals surface area contributed by atoms with Crippen molar-refractivity contribution in [3.63, 3.8) is 0 Å². The highest BCUT2D eigenvalue weighted by Crippen LogP contribution is 2.31. The largest absolute Gasteiger partial charge is 0.481 e. The average molecular weight is 262 g/mol. The minimum absolute atomic E-state index is 0.0380. The maximum Gasteiger partial charge on any atom is 0.308 e. The monoisotopic (exact) mass is 262 g/mol. The number of carbonyl (C=O) groups is 1. The van der Waals surface area contributed by atoms with E-state index in [0.717, 1.165) is 21.1 Å². The lowest BCUT2D eigenvalue weighted by molar-refractivity contribution is -0.136. The van der Waals surface area contributed by atoms with Gasteiger partial charge >= 0.3 is 5.97 Å². The molecule has 5 heteroatoms. The SMILES string of the molecule is CC(C)c1nc(-c2ccncc2)sc1CC(=O)O. The number of nitrogens with zero attached hydrogens (tertiary/aromatic N) is 2. The Labute approximate surface area is 109 Å². The maximum absolute atomic E-state index is 10.9. The van der Waals surface area contributed by atoms with Gasteiger partial charge in [0.2, 0.25) is 0 Å². The Morgan fingerprint density at radius 2 is 2.06 bits per heavy atom. The smallest absolute Gasteiger partial charge is 0.308 e. The van der Waals surface area contributed by atoms with Crippen molar-refractivity contribution in [2.45, 2.75) is 26.2 Å². The minimum Gasteiger partial charge on any atom is -0.481 e. The van der Waals surface area contributed by atoms with Crippen LogP contribution in [0.25, 0.3) is 10.6 Å². The van der Waals surface area contributed by atoms with Crippen molar-refractivity contribution in [2.24, 2.45) is 0 Å². The summed E-state index contributed by atoms with van der Waals surface area (Å²) in [6.45, 7) is 4.05. The van der Waals surface area contributed by atoms with Crippen LogP contribution in [0.3, 0.4) is 0 Å². The van der Waals surface area contributed by atoms with Gasteiger partial charge in [-0.05, 0) is 18.1 Å². The summed E-state index contributed by atoms with van der Waals surface area (Å²) < 4.78 is 0. The first-order valence-electron chi connectivity index (χ1n) is 5.69. The van der Waals surface area contributed by atoms with Crippen molar-refractivity contribution in [1.29, 1.82) is 0 Å². The van der Waals surface area contributed by atoms with Crippen LogP contribution in [-0.2, 0) is 11.2 Å². The molecule has 2 aromatic heterocycles. The molecule has 0 aromatic carbocycles. The molecule has 2 aromatic rings. The van der Waals surface area contributed by atoms with Crippen LogP contribution in [0.15, 0.2) is 24.5 Å². The van der Waals surface area contributed by atoms with Crippen LogP contribution in [0.1, 0.15) is 30.3 Å². The van der Waals surface area contributed by atoms with E-state index in [1.54, 1.807) is 12.4 Å². The van der Waals surface area contributed by atoms with Crippen LogP contribution < -0.4 is 0 Å². The van der Waals surface area contributed by atoms with E-state index in [-0.39, 0.29) is 12.3 Å². The summed E-state index contributed by atoms with van der Waals surface area (Å²) in [6.07, 6.45) is 3.46. The third-order valence-electron chi connectivity index (χ3n) is 2.51. The zero-order chi connectivity index (χ0) is 13.1. The van der Waals surface area contributed by atoms with Crippen LogP contribution in [0, 0.1) is 0 Å². The first kappa shape index (κ1) is 12.7. The molecule has 2 heterocycles. The van der Waals surface area contributed by atoms with E-state index in [0.29, 0.717) is 0 Å². The number of carboxylic acid groups (broad SMARTS) is 1. The number of aromatic nitrogens is 2. The minimum atomic E-state index is -0.818. The summed E-state index contributed by atoms with van der Waals surface area (Å²) in [4.78, 5) is 20.2. The summed E-state index contributed by atoms with van der Waals surface area (Å²) in [7, 11) is 0. The Hall–Kier alpha value is -1.75. The van der Waals surface area contributed by atoms with E-state index in [9.17, 15) is 4.79 Å². The van der Waals surface area contributed by atoms with Gasteiger partial charge in [-0.3, -0.25) is 9.78 Å². The van der Waals surface area contributed by atoms with E-state index in [1.807, 2.05) is 26.0 Å². The second-order valence-corrected chi connectivity index (χ2v) is 5.37. The molecule has 2 rings (SSSR count). The first-order chi connectivity index (χ1) is 8.58. The van der Waals surface area contributed by atoms with E-state index < -0.39 is 5.97 Å². The first-order valence-corrected chi connectivity index (χ1v) is 6.51. The van der Waals surface area contributed by atoms with Gasteiger partial charge in [0.25, 0.3) is 0 Å². The van der Waals surface area contributed by atoms with Crippen molar-refractivity contribution in [1.82, 2.24) is 9.97 Å². The van der Waals surface area contributed by atoms with Gasteiger partial charge < -0.3 is 5.11 Å². The molecular formula is C13H14N2O2S. The number of rotatable bonds is 4. The molecule has 4 nitrogen and oxygen atoms in total. The van der Waals surface area contributed by atoms with Gasteiger partial charge in [-0.2, -0.15) is 0 Å². The second-order valence-electron chi connectivity index (χ2n) is 4.29. The molecule has 0 aliphatic rings. The number of thiazole rings is 1. The molecule has 0 fully saturated rings. The Morgan fingerprint density at radius 1 is 1.39 bits per heavy atom. The number of hydrogen-bond donors (Lipinski definition) is 1. The summed E-state index contributed by atoms with van der Waals surface area (Å²) in [6, 6.07) is 3.76. The van der Waals surface area contributed by atoms with E-state index in [4.69, 9.17) is 5.11 Å². The van der Waals surface area contributed by atoms with Crippen molar-refractivity contribution >= 4 is 17.3 Å². The molecule has 0 spiro atoms. The Morgan fingerprint density at radius 3 is 2.61 bits per heavy atom. The van der Waals surface area contributed by atoms with Crippen LogP contribution >= 0.6 is 11.3 Å². The Bertz CT molecular complexity index is 549. The fourth-order valence-electron chi connectivity index (χ4n) is 1.70. The lowest BCUT2D eigenvalue weighted by atomic mass is 10.1. The summed E-state index contributed by atoms with van der Waals surface area (Å²) in [5.41, 5.74) is 1.86. The maximum atomic E-state index is 10.9. The van der Waals surface area contributed by atoms with Crippen LogP contribution in [0.5, 0.6) is 0 Å². The molecule has 0 atom stereocenters. The predicted octanol–water partition coefficient (Wildman–Crippen LogP) is 2.96. The molecular weight excluding hydrogens is 248 g/mol. The van der Waals surface area contributed by atoms with Gasteiger partial charge in [-0.15, -0.1) is 11.3 Å². The standard InChI is InChI=1S/C13H14N2O2S/c1-8(2)12-10(7-11(16)17)18-13(15-12)9-3-5-14-6-4-9/h3-6,8H,7H2,1-2H3,(H,16,17). The molecule has 94 valence electrons. The topological polar surface area (TPSA) is 63.1 Å². The molecule has 0 bridgehead atoms. The summed E-state index contributed by atoms with van der Waals surface area (Å²) in [5, 5.41) is 9.78. The van der Waals surface area contributed by atoms with Gasteiger partial charge in [0, 0.05) is 22.8 Å². The van der Waals surface area contributed by atoms with E-state index in [1.165, 1.54) is 11.3 Å². The molecule has 1 N–H and O–H groups in total. The average Bonchev–Trinajstić information content (AvgIpc) is 2.73. The van der Waals surface area contributed by atoms with Crippen LogP contribution in [0.4, 0.5) is 0 Å². The Kier molecular flexibility index (Phi) is 3.72. The zero-order valence-electron chi connectivity index (χ0n) is 10.3. The molecule has 0 radical (unpaired) electrons. The highest BCUT2D eigenvalue weighted by molar-refractivity contribution is 7.15.